The molecule has 0 aromatic rings. The zero-order valence-electron chi connectivity index (χ0n) is 11.9. The first-order valence-electron chi connectivity index (χ1n) is 5.81. The van der Waals surface area contributed by atoms with Crippen LogP contribution in [0.5, 0.6) is 0 Å². The normalized spacial score (nSPS) is 24.8. The first kappa shape index (κ1) is 18.6. The molecule has 0 aromatic carbocycles. The average Bonchev–Trinajstić information content (AvgIpc) is 2.61. The van der Waals surface area contributed by atoms with Gasteiger partial charge in [-0.05, 0) is 12.8 Å². The molecule has 2 aliphatic rings. The van der Waals surface area contributed by atoms with E-state index in [1.54, 1.807) is 0 Å². The van der Waals surface area contributed by atoms with Crippen LogP contribution >= 0.6 is 0 Å². The van der Waals surface area contributed by atoms with Crippen LogP contribution in [0.15, 0.2) is 0 Å². The monoisotopic (exact) mass is 331 g/mol. The topological polar surface area (TPSA) is 120 Å². The summed E-state index contributed by atoms with van der Waals surface area (Å²) in [6.45, 7) is 0.127. The Balaban J connectivity index is 0.00000220. The van der Waals surface area contributed by atoms with Crippen LogP contribution in [0, 0.1) is 0 Å². The molecule has 0 radical (unpaired) electrons. The van der Waals surface area contributed by atoms with E-state index < -0.39 is 34.4 Å². The molecule has 2 aliphatic heterocycles. The fourth-order valence-electron chi connectivity index (χ4n) is 2.38. The van der Waals surface area contributed by atoms with Crippen LogP contribution in [-0.4, -0.2) is 72.7 Å². The molecule has 0 spiro atoms. The van der Waals surface area contributed by atoms with Gasteiger partial charge in [0.25, 0.3) is 5.91 Å². The summed E-state index contributed by atoms with van der Waals surface area (Å²) in [6, 6.07) is -2.12. The molecule has 0 aliphatic carbocycles. The van der Waals surface area contributed by atoms with Gasteiger partial charge in [0.1, 0.15) is 6.04 Å². The zero-order valence-corrected chi connectivity index (χ0v) is 14.7. The standard InChI is InChI=1S/C9H15N3O7S.Na/c1-10(18-2)8(13)7-4-3-6-5-11(7)9(14)12(6)19-20(15,16)17;/h6-7H,3-5H2,1-2H3,(H,15,16,17);/q;+1/p-1/t6-,7+;/m1./s1. The van der Waals surface area contributed by atoms with Crippen LogP contribution in [0.1, 0.15) is 12.8 Å². The Bertz CT molecular complexity index is 527. The Kier molecular flexibility index (Phi) is 6.00. The fraction of sp³-hybridized carbons (Fsp3) is 0.778. The Morgan fingerprint density at radius 2 is 2.05 bits per heavy atom. The summed E-state index contributed by atoms with van der Waals surface area (Å²) in [5.74, 6) is -0.425. The van der Waals surface area contributed by atoms with E-state index in [1.807, 2.05) is 0 Å². The summed E-state index contributed by atoms with van der Waals surface area (Å²) in [6.07, 6.45) is 0.688. The number of hydrogen-bond donors (Lipinski definition) is 0. The van der Waals surface area contributed by atoms with Crippen LogP contribution in [0.4, 0.5) is 4.79 Å². The van der Waals surface area contributed by atoms with Gasteiger partial charge < -0.3 is 9.45 Å². The largest absolute Gasteiger partial charge is 1.00 e. The van der Waals surface area contributed by atoms with Crippen molar-refractivity contribution in [2.24, 2.45) is 0 Å². The molecule has 2 fully saturated rings. The van der Waals surface area contributed by atoms with Crippen molar-refractivity contribution in [1.29, 1.82) is 0 Å². The first-order valence-corrected chi connectivity index (χ1v) is 7.15. The maximum Gasteiger partial charge on any atom is 1.00 e. The van der Waals surface area contributed by atoms with Crippen LogP contribution in [0.25, 0.3) is 0 Å². The van der Waals surface area contributed by atoms with E-state index in [1.165, 1.54) is 19.1 Å². The van der Waals surface area contributed by atoms with Gasteiger partial charge in [-0.3, -0.25) is 9.63 Å². The van der Waals surface area contributed by atoms with E-state index in [0.29, 0.717) is 17.9 Å². The van der Waals surface area contributed by atoms with Crippen molar-refractivity contribution < 1.29 is 61.2 Å². The van der Waals surface area contributed by atoms with E-state index in [0.717, 1.165) is 5.06 Å². The number of fused-ring (bicyclic) bond motifs is 2. The molecule has 2 heterocycles. The molecule has 2 bridgehead atoms. The van der Waals surface area contributed by atoms with Crippen LogP contribution in [0.3, 0.4) is 0 Å². The zero-order chi connectivity index (χ0) is 15.1. The summed E-state index contributed by atoms with van der Waals surface area (Å²) in [5.41, 5.74) is 0. The molecule has 21 heavy (non-hydrogen) atoms. The molecule has 3 amide bonds. The van der Waals surface area contributed by atoms with E-state index >= 15 is 0 Å². The second-order valence-electron chi connectivity index (χ2n) is 4.51. The Hall–Kier alpha value is -0.430. The van der Waals surface area contributed by atoms with Gasteiger partial charge in [0.2, 0.25) is 10.4 Å². The maximum absolute atomic E-state index is 12.0. The summed E-state index contributed by atoms with van der Waals surface area (Å²) in [7, 11) is -2.31. The first-order chi connectivity index (χ1) is 9.24. The number of nitrogens with zero attached hydrogens (tertiary/aromatic N) is 3. The second-order valence-corrected chi connectivity index (χ2v) is 5.47. The molecule has 2 rings (SSSR count). The molecular weight excluding hydrogens is 317 g/mol. The minimum Gasteiger partial charge on any atom is -0.724 e. The number of likely N-dealkylation sites (N-methyl/N-ethyl adjacent to an activating group) is 1. The molecule has 12 heteroatoms. The third-order valence-corrected chi connectivity index (χ3v) is 3.71. The number of hydrogen-bond acceptors (Lipinski definition) is 7. The molecule has 2 saturated heterocycles. The van der Waals surface area contributed by atoms with Gasteiger partial charge in [0, 0.05) is 13.6 Å². The summed E-state index contributed by atoms with van der Waals surface area (Å²) in [5, 5.41) is 1.52. The van der Waals surface area contributed by atoms with Gasteiger partial charge in [0.05, 0.1) is 13.2 Å². The minimum atomic E-state index is -5.03. The smallest absolute Gasteiger partial charge is 0.724 e. The maximum atomic E-state index is 12.0. The molecule has 0 aromatic heterocycles. The number of amides is 3. The van der Waals surface area contributed by atoms with Gasteiger partial charge in [-0.1, -0.05) is 0 Å². The predicted octanol–water partition coefficient (Wildman–Crippen LogP) is -4.33. The van der Waals surface area contributed by atoms with Gasteiger partial charge in [-0.25, -0.2) is 18.3 Å². The quantitative estimate of drug-likeness (QED) is 0.221. The van der Waals surface area contributed by atoms with E-state index in [9.17, 15) is 22.6 Å². The average molecular weight is 331 g/mol. The van der Waals surface area contributed by atoms with Crippen molar-refractivity contribution in [2.45, 2.75) is 24.9 Å². The van der Waals surface area contributed by atoms with E-state index in [2.05, 4.69) is 4.28 Å². The van der Waals surface area contributed by atoms with Crippen LogP contribution < -0.4 is 29.6 Å². The molecule has 10 nitrogen and oxygen atoms in total. The van der Waals surface area contributed by atoms with Gasteiger partial charge in [0.15, 0.2) is 0 Å². The van der Waals surface area contributed by atoms with Gasteiger partial charge in [-0.15, -0.1) is 0 Å². The number of rotatable bonds is 4. The van der Waals surface area contributed by atoms with Crippen molar-refractivity contribution in [3.8, 4) is 0 Å². The molecule has 0 saturated carbocycles. The molecule has 0 unspecified atom stereocenters. The van der Waals surface area contributed by atoms with Crippen molar-refractivity contribution >= 4 is 22.3 Å². The van der Waals surface area contributed by atoms with Crippen LogP contribution in [0.2, 0.25) is 0 Å². The third kappa shape index (κ3) is 3.86. The van der Waals surface area contributed by atoms with Crippen molar-refractivity contribution in [1.82, 2.24) is 15.0 Å². The fourth-order valence-corrected chi connectivity index (χ4v) is 2.77. The molecule has 2 atom stereocenters. The molecular formula is C9H14N3NaO7S. The van der Waals surface area contributed by atoms with E-state index in [-0.39, 0.29) is 36.1 Å². The number of piperidine rings is 1. The number of urea groups is 1. The summed E-state index contributed by atoms with van der Waals surface area (Å²) < 4.78 is 36.0. The number of hydroxylamine groups is 4. The summed E-state index contributed by atoms with van der Waals surface area (Å²) in [4.78, 5) is 30.0. The minimum absolute atomic E-state index is 0. The molecule has 114 valence electrons. The van der Waals surface area contributed by atoms with Gasteiger partial charge in [-0.2, -0.15) is 9.35 Å². The van der Waals surface area contributed by atoms with E-state index in [4.69, 9.17) is 4.84 Å². The third-order valence-electron chi connectivity index (χ3n) is 3.36. The predicted molar refractivity (Wildman–Crippen MR) is 61.3 cm³/mol. The van der Waals surface area contributed by atoms with Crippen LogP contribution in [-0.2, 0) is 24.3 Å². The van der Waals surface area contributed by atoms with Crippen molar-refractivity contribution in [3.05, 3.63) is 0 Å². The van der Waals surface area contributed by atoms with Gasteiger partial charge >= 0.3 is 35.6 Å². The number of carbonyl (C=O) groups excluding carboxylic acids is 2. The van der Waals surface area contributed by atoms with Crippen molar-refractivity contribution in [3.63, 3.8) is 0 Å². The second kappa shape index (κ2) is 6.77. The SMILES string of the molecule is CON(C)C(=O)[C@@H]1CC[C@@H]2CN1C(=O)N2OS(=O)(=O)[O-].[Na+]. The van der Waals surface area contributed by atoms with Crippen molar-refractivity contribution in [2.75, 3.05) is 20.7 Å². The Morgan fingerprint density at radius 1 is 1.43 bits per heavy atom. The molecule has 0 N–H and O–H groups in total. The number of carbonyl (C=O) groups is 2. The Labute approximate surface area is 144 Å². The Morgan fingerprint density at radius 3 is 2.57 bits per heavy atom. The summed E-state index contributed by atoms with van der Waals surface area (Å²) >= 11 is 0.